The molecule has 1 aliphatic rings. The number of halogens is 2. The van der Waals surface area contributed by atoms with Crippen LogP contribution in [0.25, 0.3) is 0 Å². The van der Waals surface area contributed by atoms with E-state index in [4.69, 9.17) is 9.68 Å². The van der Waals surface area contributed by atoms with E-state index in [0.29, 0.717) is 30.2 Å². The fraction of sp³-hybridized carbons (Fsp3) is 0.429. The maximum absolute atomic E-state index is 14.1. The minimum absolute atomic E-state index is 0. The molecule has 0 saturated carbocycles. The lowest BCUT2D eigenvalue weighted by molar-refractivity contribution is 0.215. The Balaban J connectivity index is 0.00000300. The predicted octanol–water partition coefficient (Wildman–Crippen LogP) is 3.80. The Kier molecular flexibility index (Phi) is 9.41. The zero-order valence-corrected chi connectivity index (χ0v) is 18.9. The van der Waals surface area contributed by atoms with Gasteiger partial charge in [0, 0.05) is 18.7 Å². The van der Waals surface area contributed by atoms with Crippen molar-refractivity contribution in [2.24, 2.45) is 4.99 Å². The summed E-state index contributed by atoms with van der Waals surface area (Å²) in [5, 5.41) is 15.4. The highest BCUT2D eigenvalue weighted by Crippen LogP contribution is 2.24. The van der Waals surface area contributed by atoms with Crippen LogP contribution in [0.3, 0.4) is 0 Å². The Morgan fingerprint density at radius 2 is 2.10 bits per heavy atom. The van der Waals surface area contributed by atoms with Crippen molar-refractivity contribution in [2.75, 3.05) is 26.2 Å². The van der Waals surface area contributed by atoms with Gasteiger partial charge in [0.2, 0.25) is 0 Å². The highest BCUT2D eigenvalue weighted by atomic mass is 127. The van der Waals surface area contributed by atoms with Crippen molar-refractivity contribution in [3.63, 3.8) is 0 Å². The summed E-state index contributed by atoms with van der Waals surface area (Å²) in [7, 11) is 0. The minimum atomic E-state index is -0.413. The van der Waals surface area contributed by atoms with Crippen molar-refractivity contribution >= 4 is 29.9 Å². The molecule has 0 radical (unpaired) electrons. The van der Waals surface area contributed by atoms with Gasteiger partial charge in [-0.1, -0.05) is 6.07 Å². The molecule has 8 heteroatoms. The Hall–Kier alpha value is -2.12. The van der Waals surface area contributed by atoms with E-state index < -0.39 is 5.82 Å². The number of likely N-dealkylation sites (tertiary alicyclic amines) is 1. The Labute approximate surface area is 188 Å². The van der Waals surface area contributed by atoms with E-state index in [0.717, 1.165) is 18.8 Å². The van der Waals surface area contributed by atoms with Crippen molar-refractivity contribution in [2.45, 2.75) is 32.4 Å². The number of nitrogens with zero attached hydrogens (tertiary/aromatic N) is 3. The maximum atomic E-state index is 14.1. The number of aliphatic imine (C=N–C) groups is 1. The molecule has 0 amide bonds. The molecule has 29 heavy (non-hydrogen) atoms. The third kappa shape index (κ3) is 6.44. The van der Waals surface area contributed by atoms with Gasteiger partial charge in [0.15, 0.2) is 5.96 Å². The zero-order chi connectivity index (χ0) is 19.8. The van der Waals surface area contributed by atoms with E-state index >= 15 is 0 Å². The van der Waals surface area contributed by atoms with Crippen molar-refractivity contribution in [3.8, 4) is 6.07 Å². The number of guanidine groups is 1. The van der Waals surface area contributed by atoms with Gasteiger partial charge in [0.25, 0.3) is 0 Å². The minimum Gasteiger partial charge on any atom is -0.468 e. The van der Waals surface area contributed by atoms with E-state index in [9.17, 15) is 4.39 Å². The number of benzene rings is 1. The Bertz CT molecular complexity index is 828. The fourth-order valence-electron chi connectivity index (χ4n) is 3.39. The largest absolute Gasteiger partial charge is 0.468 e. The average Bonchev–Trinajstić information content (AvgIpc) is 3.41. The number of hydrogen-bond acceptors (Lipinski definition) is 4. The van der Waals surface area contributed by atoms with Crippen LogP contribution in [0.1, 0.15) is 42.7 Å². The third-order valence-corrected chi connectivity index (χ3v) is 4.85. The normalized spacial score (nSPS) is 15.4. The molecule has 1 fully saturated rings. The summed E-state index contributed by atoms with van der Waals surface area (Å²) < 4.78 is 19.7. The summed E-state index contributed by atoms with van der Waals surface area (Å²) in [4.78, 5) is 6.91. The summed E-state index contributed by atoms with van der Waals surface area (Å²) in [5.74, 6) is 1.15. The van der Waals surface area contributed by atoms with Gasteiger partial charge >= 0.3 is 0 Å². The molecular formula is C21H27FIN5O. The first-order valence-electron chi connectivity index (χ1n) is 9.69. The third-order valence-electron chi connectivity index (χ3n) is 4.85. The van der Waals surface area contributed by atoms with Gasteiger partial charge in [-0.2, -0.15) is 5.26 Å². The standard InChI is InChI=1S/C21H26FN5O.HI/c1-2-24-21(25-14-17-8-7-16(13-23)12-18(17)22)26-15-19(20-6-5-11-28-20)27-9-3-4-10-27;/h5-8,11-12,19H,2-4,9-10,14-15H2,1H3,(H2,24,25,26);1H. The molecule has 2 heterocycles. The van der Waals surface area contributed by atoms with Crippen LogP contribution in [0.5, 0.6) is 0 Å². The lowest BCUT2D eigenvalue weighted by atomic mass is 10.1. The number of hydrogen-bond donors (Lipinski definition) is 2. The molecule has 2 aromatic rings. The van der Waals surface area contributed by atoms with Crippen LogP contribution < -0.4 is 10.6 Å². The SMILES string of the molecule is CCNC(=NCc1ccc(C#N)cc1F)NCC(c1ccco1)N1CCCC1.I. The average molecular weight is 511 g/mol. The van der Waals surface area contributed by atoms with Crippen LogP contribution >= 0.6 is 24.0 Å². The van der Waals surface area contributed by atoms with Crippen molar-refractivity contribution in [3.05, 3.63) is 59.3 Å². The van der Waals surface area contributed by atoms with Gasteiger partial charge in [-0.25, -0.2) is 9.38 Å². The smallest absolute Gasteiger partial charge is 0.191 e. The summed E-state index contributed by atoms with van der Waals surface area (Å²) in [6.45, 7) is 5.65. The molecule has 1 unspecified atom stereocenters. The Morgan fingerprint density at radius 3 is 2.72 bits per heavy atom. The van der Waals surface area contributed by atoms with Gasteiger partial charge in [-0.15, -0.1) is 24.0 Å². The number of furan rings is 1. The molecule has 1 aromatic carbocycles. The van der Waals surface area contributed by atoms with E-state index in [2.05, 4.69) is 20.5 Å². The van der Waals surface area contributed by atoms with Crippen molar-refractivity contribution in [1.82, 2.24) is 15.5 Å². The van der Waals surface area contributed by atoms with Crippen LogP contribution in [-0.4, -0.2) is 37.0 Å². The monoisotopic (exact) mass is 511 g/mol. The predicted molar refractivity (Wildman–Crippen MR) is 122 cm³/mol. The molecule has 2 N–H and O–H groups in total. The molecule has 0 aliphatic carbocycles. The van der Waals surface area contributed by atoms with E-state index in [1.54, 1.807) is 18.4 Å². The molecule has 3 rings (SSSR count). The maximum Gasteiger partial charge on any atom is 0.191 e. The Morgan fingerprint density at radius 1 is 1.31 bits per heavy atom. The second-order valence-corrected chi connectivity index (χ2v) is 6.77. The van der Waals surface area contributed by atoms with Gasteiger partial charge in [-0.05, 0) is 57.1 Å². The van der Waals surface area contributed by atoms with Crippen molar-refractivity contribution in [1.29, 1.82) is 5.26 Å². The van der Waals surface area contributed by atoms with Gasteiger partial charge < -0.3 is 15.1 Å². The molecule has 6 nitrogen and oxygen atoms in total. The second-order valence-electron chi connectivity index (χ2n) is 6.77. The first kappa shape index (κ1) is 23.2. The summed E-state index contributed by atoms with van der Waals surface area (Å²) in [6.07, 6.45) is 4.10. The van der Waals surface area contributed by atoms with E-state index in [-0.39, 0.29) is 36.6 Å². The molecule has 0 bridgehead atoms. The van der Waals surface area contributed by atoms with E-state index in [1.807, 2.05) is 25.1 Å². The second kappa shape index (κ2) is 11.8. The van der Waals surface area contributed by atoms with Gasteiger partial charge in [0.1, 0.15) is 11.6 Å². The molecule has 1 atom stereocenters. The molecule has 0 spiro atoms. The molecule has 156 valence electrons. The van der Waals surface area contributed by atoms with Crippen LogP contribution in [0.15, 0.2) is 46.0 Å². The molecule has 1 aromatic heterocycles. The number of nitrogens with one attached hydrogen (secondary N) is 2. The van der Waals surface area contributed by atoms with Crippen LogP contribution in [0, 0.1) is 17.1 Å². The topological polar surface area (TPSA) is 76.6 Å². The molecular weight excluding hydrogens is 484 g/mol. The van der Waals surface area contributed by atoms with Crippen molar-refractivity contribution < 1.29 is 8.81 Å². The quantitative estimate of drug-likeness (QED) is 0.336. The summed E-state index contributed by atoms with van der Waals surface area (Å²) in [6, 6.07) is 10.4. The number of rotatable bonds is 7. The summed E-state index contributed by atoms with van der Waals surface area (Å²) in [5.41, 5.74) is 0.764. The van der Waals surface area contributed by atoms with Gasteiger partial charge in [-0.3, -0.25) is 4.90 Å². The fourth-order valence-corrected chi connectivity index (χ4v) is 3.39. The lowest BCUT2D eigenvalue weighted by Crippen LogP contribution is -2.42. The molecule has 1 aliphatic heterocycles. The summed E-state index contributed by atoms with van der Waals surface area (Å²) >= 11 is 0. The van der Waals surface area contributed by atoms with Crippen LogP contribution in [-0.2, 0) is 6.54 Å². The number of nitriles is 1. The first-order chi connectivity index (χ1) is 13.7. The van der Waals surface area contributed by atoms with Crippen LogP contribution in [0.4, 0.5) is 4.39 Å². The lowest BCUT2D eigenvalue weighted by Gasteiger charge is -2.26. The first-order valence-corrected chi connectivity index (χ1v) is 9.69. The van der Waals surface area contributed by atoms with Gasteiger partial charge in [0.05, 0.1) is 30.5 Å². The van der Waals surface area contributed by atoms with E-state index in [1.165, 1.54) is 18.9 Å². The highest BCUT2D eigenvalue weighted by Gasteiger charge is 2.25. The zero-order valence-electron chi connectivity index (χ0n) is 16.5. The molecule has 1 saturated heterocycles. The van der Waals surface area contributed by atoms with Crippen LogP contribution in [0.2, 0.25) is 0 Å². The highest BCUT2D eigenvalue weighted by molar-refractivity contribution is 14.0.